The van der Waals surface area contributed by atoms with E-state index in [9.17, 15) is 14.0 Å². The van der Waals surface area contributed by atoms with Gasteiger partial charge in [-0.1, -0.05) is 41.2 Å². The number of aryl methyl sites for hydroxylation is 1. The van der Waals surface area contributed by atoms with E-state index in [0.717, 1.165) is 23.4 Å². The summed E-state index contributed by atoms with van der Waals surface area (Å²) in [5.41, 5.74) is 1.93. The molecule has 8 heteroatoms. The number of anilines is 1. The molecule has 0 bridgehead atoms. The van der Waals surface area contributed by atoms with Crippen LogP contribution in [-0.4, -0.2) is 40.0 Å². The highest BCUT2D eigenvalue weighted by Crippen LogP contribution is 2.31. The average Bonchev–Trinajstić information content (AvgIpc) is 3.26. The fourth-order valence-corrected chi connectivity index (χ4v) is 4.35. The summed E-state index contributed by atoms with van der Waals surface area (Å²) in [6.45, 7) is 3.26. The minimum Gasteiger partial charge on any atom is -0.339 e. The maximum atomic E-state index is 13.7. The lowest BCUT2D eigenvalue weighted by Crippen LogP contribution is -2.37. The highest BCUT2D eigenvalue weighted by atomic mass is 32.1. The molecule has 6 nitrogen and oxygen atoms in total. The van der Waals surface area contributed by atoms with Gasteiger partial charge in [-0.25, -0.2) is 4.39 Å². The van der Waals surface area contributed by atoms with Gasteiger partial charge >= 0.3 is 0 Å². The fraction of sp³-hybridized carbons (Fsp3) is 0.273. The second-order valence-electron chi connectivity index (χ2n) is 7.31. The summed E-state index contributed by atoms with van der Waals surface area (Å²) in [5.74, 6) is -0.785. The minimum atomic E-state index is -0.499. The van der Waals surface area contributed by atoms with Gasteiger partial charge in [-0.3, -0.25) is 9.59 Å². The lowest BCUT2D eigenvalue weighted by molar-refractivity contribution is 0.0712. The number of likely N-dealkylation sites (tertiary alicyclic amines) is 1. The second-order valence-corrected chi connectivity index (χ2v) is 8.32. The van der Waals surface area contributed by atoms with Gasteiger partial charge in [0.15, 0.2) is 0 Å². The molecule has 30 heavy (non-hydrogen) atoms. The minimum absolute atomic E-state index is 0.0377. The van der Waals surface area contributed by atoms with E-state index < -0.39 is 11.7 Å². The van der Waals surface area contributed by atoms with E-state index in [-0.39, 0.29) is 22.5 Å². The van der Waals surface area contributed by atoms with Crippen LogP contribution in [0.3, 0.4) is 0 Å². The van der Waals surface area contributed by atoms with Crippen molar-refractivity contribution in [2.75, 3.05) is 18.4 Å². The molecule has 2 aromatic carbocycles. The van der Waals surface area contributed by atoms with E-state index in [1.165, 1.54) is 23.5 Å². The molecule has 1 aromatic heterocycles. The Morgan fingerprint density at radius 3 is 2.47 bits per heavy atom. The molecule has 0 atom stereocenters. The van der Waals surface area contributed by atoms with Crippen molar-refractivity contribution in [3.8, 4) is 0 Å². The first-order chi connectivity index (χ1) is 14.5. The Bertz CT molecular complexity index is 1060. The Balaban J connectivity index is 1.36. The molecule has 3 aromatic rings. The van der Waals surface area contributed by atoms with Crippen LogP contribution < -0.4 is 5.32 Å². The van der Waals surface area contributed by atoms with Gasteiger partial charge < -0.3 is 10.2 Å². The number of para-hydroxylation sites is 1. The molecule has 0 saturated carbocycles. The number of amides is 2. The van der Waals surface area contributed by atoms with Crippen molar-refractivity contribution in [3.63, 3.8) is 0 Å². The smallest absolute Gasteiger partial charge is 0.286 e. The van der Waals surface area contributed by atoms with Crippen molar-refractivity contribution in [3.05, 3.63) is 75.5 Å². The molecule has 2 amide bonds. The maximum Gasteiger partial charge on any atom is 0.286 e. The normalized spacial score (nSPS) is 14.5. The molecule has 1 N–H and O–H groups in total. The zero-order chi connectivity index (χ0) is 21.1. The molecule has 1 saturated heterocycles. The lowest BCUT2D eigenvalue weighted by atomic mass is 9.97. The Morgan fingerprint density at radius 1 is 1.07 bits per heavy atom. The number of piperidine rings is 1. The van der Waals surface area contributed by atoms with E-state index >= 15 is 0 Å². The predicted octanol–water partition coefficient (Wildman–Crippen LogP) is 4.26. The molecule has 1 aliphatic rings. The van der Waals surface area contributed by atoms with Gasteiger partial charge in [-0.2, -0.15) is 0 Å². The molecule has 0 aliphatic carbocycles. The van der Waals surface area contributed by atoms with Gasteiger partial charge in [0, 0.05) is 24.6 Å². The monoisotopic (exact) mass is 424 g/mol. The van der Waals surface area contributed by atoms with Crippen molar-refractivity contribution in [2.45, 2.75) is 25.7 Å². The Kier molecular flexibility index (Phi) is 5.85. The first-order valence-corrected chi connectivity index (χ1v) is 10.6. The SMILES string of the molecule is Cc1ccc(C(=O)N2CCC(c3nnc(C(=O)Nc4ccccc4F)s3)CC2)cc1. The highest BCUT2D eigenvalue weighted by Gasteiger charge is 2.27. The van der Waals surface area contributed by atoms with Crippen molar-refractivity contribution in [1.29, 1.82) is 0 Å². The maximum absolute atomic E-state index is 13.7. The van der Waals surface area contributed by atoms with Crippen LogP contribution in [0.25, 0.3) is 0 Å². The summed E-state index contributed by atoms with van der Waals surface area (Å²) in [4.78, 5) is 26.9. The summed E-state index contributed by atoms with van der Waals surface area (Å²) >= 11 is 1.22. The molecular weight excluding hydrogens is 403 g/mol. The molecular formula is C22H21FN4O2S. The van der Waals surface area contributed by atoms with E-state index in [0.29, 0.717) is 18.7 Å². The van der Waals surface area contributed by atoms with Crippen molar-refractivity contribution in [1.82, 2.24) is 15.1 Å². The van der Waals surface area contributed by atoms with Crippen molar-refractivity contribution < 1.29 is 14.0 Å². The summed E-state index contributed by atoms with van der Waals surface area (Å²) in [6.07, 6.45) is 1.53. The zero-order valence-electron chi connectivity index (χ0n) is 16.5. The number of benzene rings is 2. The number of nitrogens with one attached hydrogen (secondary N) is 1. The Labute approximate surface area is 177 Å². The lowest BCUT2D eigenvalue weighted by Gasteiger charge is -2.31. The standard InChI is InChI=1S/C22H21FN4O2S/c1-14-6-8-16(9-7-14)22(29)27-12-10-15(11-13-27)20-25-26-21(30-20)19(28)24-18-5-3-2-4-17(18)23/h2-9,15H,10-13H2,1H3,(H,24,28). The van der Waals surface area contributed by atoms with Crippen molar-refractivity contribution >= 4 is 28.8 Å². The topological polar surface area (TPSA) is 75.2 Å². The Morgan fingerprint density at radius 2 is 1.77 bits per heavy atom. The van der Waals surface area contributed by atoms with E-state index in [1.54, 1.807) is 12.1 Å². The summed E-state index contributed by atoms with van der Waals surface area (Å²) < 4.78 is 13.7. The van der Waals surface area contributed by atoms with Gasteiger partial charge in [-0.15, -0.1) is 10.2 Å². The molecule has 4 rings (SSSR count). The third-order valence-corrected chi connectivity index (χ3v) is 6.27. The van der Waals surface area contributed by atoms with Crippen LogP contribution in [0, 0.1) is 12.7 Å². The zero-order valence-corrected chi connectivity index (χ0v) is 17.3. The average molecular weight is 425 g/mol. The first-order valence-electron chi connectivity index (χ1n) is 9.76. The molecule has 0 unspecified atom stereocenters. The molecule has 2 heterocycles. The third-order valence-electron chi connectivity index (χ3n) is 5.19. The van der Waals surface area contributed by atoms with Gasteiger partial charge in [0.2, 0.25) is 5.01 Å². The number of aromatic nitrogens is 2. The van der Waals surface area contributed by atoms with Crippen molar-refractivity contribution in [2.24, 2.45) is 0 Å². The van der Waals surface area contributed by atoms with Crippen LogP contribution in [0.5, 0.6) is 0 Å². The van der Waals surface area contributed by atoms with Crippen LogP contribution in [0.15, 0.2) is 48.5 Å². The molecule has 1 fully saturated rings. The Hall–Kier alpha value is -3.13. The van der Waals surface area contributed by atoms with Gasteiger partial charge in [0.1, 0.15) is 10.8 Å². The first kappa shape index (κ1) is 20.2. The van der Waals surface area contributed by atoms with Gasteiger partial charge in [-0.05, 0) is 44.0 Å². The summed E-state index contributed by atoms with van der Waals surface area (Å²) in [7, 11) is 0. The van der Waals surface area contributed by atoms with E-state index in [2.05, 4.69) is 15.5 Å². The number of hydrogen-bond donors (Lipinski definition) is 1. The number of hydrogen-bond acceptors (Lipinski definition) is 5. The van der Waals surface area contributed by atoms with Crippen LogP contribution in [0.4, 0.5) is 10.1 Å². The number of carbonyl (C=O) groups is 2. The molecule has 1 aliphatic heterocycles. The van der Waals surface area contributed by atoms with Gasteiger partial charge in [0.05, 0.1) is 5.69 Å². The molecule has 154 valence electrons. The molecule has 0 spiro atoms. The van der Waals surface area contributed by atoms with Crippen LogP contribution >= 0.6 is 11.3 Å². The second kappa shape index (κ2) is 8.71. The van der Waals surface area contributed by atoms with Crippen LogP contribution in [0.1, 0.15) is 49.5 Å². The van der Waals surface area contributed by atoms with E-state index in [1.807, 2.05) is 36.1 Å². The number of nitrogens with zero attached hydrogens (tertiary/aromatic N) is 3. The summed E-state index contributed by atoms with van der Waals surface area (Å²) in [5, 5.41) is 11.7. The van der Waals surface area contributed by atoms with Crippen LogP contribution in [0.2, 0.25) is 0 Å². The van der Waals surface area contributed by atoms with Crippen LogP contribution in [-0.2, 0) is 0 Å². The quantitative estimate of drug-likeness (QED) is 0.679. The molecule has 0 radical (unpaired) electrons. The third kappa shape index (κ3) is 4.38. The largest absolute Gasteiger partial charge is 0.339 e. The van der Waals surface area contributed by atoms with Gasteiger partial charge in [0.25, 0.3) is 11.8 Å². The van der Waals surface area contributed by atoms with E-state index in [4.69, 9.17) is 0 Å². The highest BCUT2D eigenvalue weighted by molar-refractivity contribution is 7.13. The number of carbonyl (C=O) groups excluding carboxylic acids is 2. The number of halogens is 1. The fourth-order valence-electron chi connectivity index (χ4n) is 3.44. The predicted molar refractivity (Wildman–Crippen MR) is 113 cm³/mol. The summed E-state index contributed by atoms with van der Waals surface area (Å²) in [6, 6.07) is 13.6. The number of rotatable bonds is 4.